The molecule has 0 saturated carbocycles. The van der Waals surface area contributed by atoms with Gasteiger partial charge in [-0.2, -0.15) is 0 Å². The van der Waals surface area contributed by atoms with Crippen molar-refractivity contribution in [1.29, 1.82) is 0 Å². The Bertz CT molecular complexity index is 638. The van der Waals surface area contributed by atoms with E-state index in [-0.39, 0.29) is 12.7 Å². The molecule has 1 aliphatic rings. The van der Waals surface area contributed by atoms with E-state index in [4.69, 9.17) is 18.9 Å². The van der Waals surface area contributed by atoms with E-state index in [1.54, 1.807) is 34.6 Å². The average molecular weight is 379 g/mol. The normalized spacial score (nSPS) is 20.0. The molecule has 0 unspecified atom stereocenters. The molecule has 1 saturated heterocycles. The maximum absolute atomic E-state index is 12.6. The van der Waals surface area contributed by atoms with E-state index >= 15 is 0 Å². The summed E-state index contributed by atoms with van der Waals surface area (Å²) in [6.07, 6.45) is -0.697. The molecule has 0 radical (unpaired) electrons. The van der Waals surface area contributed by atoms with Gasteiger partial charge in [0.2, 0.25) is 0 Å². The molecule has 0 spiro atoms. The van der Waals surface area contributed by atoms with Crippen molar-refractivity contribution in [2.75, 3.05) is 13.2 Å². The van der Waals surface area contributed by atoms with Crippen LogP contribution in [0.4, 0.5) is 4.79 Å². The van der Waals surface area contributed by atoms with E-state index in [1.807, 2.05) is 30.3 Å². The Kier molecular flexibility index (Phi) is 6.84. The topological polar surface area (TPSA) is 83.1 Å². The molecule has 2 atom stereocenters. The van der Waals surface area contributed by atoms with Gasteiger partial charge in [-0.1, -0.05) is 30.3 Å². The SMILES string of the molecule is CC(C)(C)OC(=O)N[C@@H](Cc1ccccc1)C(=O)OC[C@@H]1COC(C)(C)O1. The Hall–Kier alpha value is -2.12. The molecule has 7 heteroatoms. The lowest BCUT2D eigenvalue weighted by molar-refractivity contribution is -0.159. The van der Waals surface area contributed by atoms with Crippen molar-refractivity contribution in [3.8, 4) is 0 Å². The molecule has 150 valence electrons. The Morgan fingerprint density at radius 3 is 2.48 bits per heavy atom. The summed E-state index contributed by atoms with van der Waals surface area (Å²) in [4.78, 5) is 24.7. The first-order chi connectivity index (χ1) is 12.5. The summed E-state index contributed by atoms with van der Waals surface area (Å²) in [6, 6.07) is 8.53. The fourth-order valence-electron chi connectivity index (χ4n) is 2.61. The Morgan fingerprint density at radius 2 is 1.93 bits per heavy atom. The predicted molar refractivity (Wildman–Crippen MR) is 99.2 cm³/mol. The van der Waals surface area contributed by atoms with Crippen LogP contribution in [0.2, 0.25) is 0 Å². The average Bonchev–Trinajstić information content (AvgIpc) is 2.90. The number of hydrogen-bond donors (Lipinski definition) is 1. The summed E-state index contributed by atoms with van der Waals surface area (Å²) in [6.45, 7) is 9.30. The lowest BCUT2D eigenvalue weighted by Crippen LogP contribution is -2.46. The zero-order valence-corrected chi connectivity index (χ0v) is 16.6. The zero-order valence-electron chi connectivity index (χ0n) is 16.6. The summed E-state index contributed by atoms with van der Waals surface area (Å²) in [5.74, 6) is -1.23. The molecule has 7 nitrogen and oxygen atoms in total. The summed E-state index contributed by atoms with van der Waals surface area (Å²) in [7, 11) is 0. The van der Waals surface area contributed by atoms with Crippen LogP contribution >= 0.6 is 0 Å². The number of esters is 1. The monoisotopic (exact) mass is 379 g/mol. The van der Waals surface area contributed by atoms with Gasteiger partial charge < -0.3 is 24.3 Å². The van der Waals surface area contributed by atoms with Crippen LogP contribution in [-0.4, -0.2) is 48.8 Å². The second kappa shape index (κ2) is 8.71. The molecule has 1 aliphatic heterocycles. The van der Waals surface area contributed by atoms with E-state index in [0.717, 1.165) is 5.56 Å². The first-order valence-corrected chi connectivity index (χ1v) is 9.06. The van der Waals surface area contributed by atoms with Gasteiger partial charge in [0.05, 0.1) is 6.61 Å². The second-order valence-corrected chi connectivity index (χ2v) is 7.97. The van der Waals surface area contributed by atoms with Crippen LogP contribution < -0.4 is 5.32 Å². The van der Waals surface area contributed by atoms with Crippen LogP contribution in [0.25, 0.3) is 0 Å². The number of rotatable bonds is 6. The van der Waals surface area contributed by atoms with Gasteiger partial charge in [0, 0.05) is 6.42 Å². The summed E-state index contributed by atoms with van der Waals surface area (Å²) in [5, 5.41) is 2.61. The molecule has 1 aromatic rings. The van der Waals surface area contributed by atoms with Crippen molar-refractivity contribution in [2.24, 2.45) is 0 Å². The van der Waals surface area contributed by atoms with E-state index in [2.05, 4.69) is 5.32 Å². The van der Waals surface area contributed by atoms with Crippen molar-refractivity contribution >= 4 is 12.1 Å². The van der Waals surface area contributed by atoms with Crippen LogP contribution in [-0.2, 0) is 30.2 Å². The van der Waals surface area contributed by atoms with Crippen molar-refractivity contribution < 1.29 is 28.5 Å². The molecule has 1 heterocycles. The van der Waals surface area contributed by atoms with E-state index in [1.165, 1.54) is 0 Å². The molecule has 1 fully saturated rings. The third-order valence-corrected chi connectivity index (χ3v) is 3.74. The summed E-state index contributed by atoms with van der Waals surface area (Å²) < 4.78 is 21.7. The zero-order chi connectivity index (χ0) is 20.1. The van der Waals surface area contributed by atoms with Gasteiger partial charge >= 0.3 is 12.1 Å². The van der Waals surface area contributed by atoms with Crippen LogP contribution in [0.5, 0.6) is 0 Å². The number of hydrogen-bond acceptors (Lipinski definition) is 6. The van der Waals surface area contributed by atoms with Crippen LogP contribution in [0, 0.1) is 0 Å². The molecule has 1 N–H and O–H groups in total. The van der Waals surface area contributed by atoms with Crippen molar-refractivity contribution in [2.45, 2.75) is 64.6 Å². The molecule has 0 bridgehead atoms. The molecule has 1 amide bonds. The highest BCUT2D eigenvalue weighted by molar-refractivity contribution is 5.81. The van der Waals surface area contributed by atoms with Crippen LogP contribution in [0.15, 0.2) is 30.3 Å². The lowest BCUT2D eigenvalue weighted by Gasteiger charge is -2.23. The highest BCUT2D eigenvalue weighted by Crippen LogP contribution is 2.22. The Morgan fingerprint density at radius 1 is 1.26 bits per heavy atom. The molecule has 2 rings (SSSR count). The van der Waals surface area contributed by atoms with E-state index in [0.29, 0.717) is 13.0 Å². The minimum Gasteiger partial charge on any atom is -0.461 e. The number of ether oxygens (including phenoxy) is 4. The molecular weight excluding hydrogens is 350 g/mol. The minimum atomic E-state index is -0.863. The second-order valence-electron chi connectivity index (χ2n) is 7.97. The van der Waals surface area contributed by atoms with Gasteiger partial charge in [-0.05, 0) is 40.2 Å². The third-order valence-electron chi connectivity index (χ3n) is 3.74. The maximum atomic E-state index is 12.6. The Balaban J connectivity index is 1.97. The quantitative estimate of drug-likeness (QED) is 0.766. The number of alkyl carbamates (subject to hydrolysis) is 1. The fourth-order valence-corrected chi connectivity index (χ4v) is 2.61. The van der Waals surface area contributed by atoms with Gasteiger partial charge in [0.15, 0.2) is 5.79 Å². The smallest absolute Gasteiger partial charge is 0.408 e. The molecule has 0 aromatic heterocycles. The Labute approximate surface area is 160 Å². The minimum absolute atomic E-state index is 0.0591. The largest absolute Gasteiger partial charge is 0.461 e. The first-order valence-electron chi connectivity index (χ1n) is 9.06. The fraction of sp³-hybridized carbons (Fsp3) is 0.600. The van der Waals surface area contributed by atoms with Crippen molar-refractivity contribution in [3.63, 3.8) is 0 Å². The lowest BCUT2D eigenvalue weighted by atomic mass is 10.1. The first kappa shape index (κ1) is 21.2. The predicted octanol–water partition coefficient (Wildman–Crippen LogP) is 2.82. The van der Waals surface area contributed by atoms with Crippen molar-refractivity contribution in [3.05, 3.63) is 35.9 Å². The van der Waals surface area contributed by atoms with Crippen LogP contribution in [0.3, 0.4) is 0 Å². The summed E-state index contributed by atoms with van der Waals surface area (Å²) >= 11 is 0. The number of amides is 1. The van der Waals surface area contributed by atoms with Gasteiger partial charge in [-0.3, -0.25) is 0 Å². The molecule has 27 heavy (non-hydrogen) atoms. The highest BCUT2D eigenvalue weighted by Gasteiger charge is 2.34. The van der Waals surface area contributed by atoms with Crippen LogP contribution in [0.1, 0.15) is 40.2 Å². The standard InChI is InChI=1S/C20H29NO6/c1-19(2,3)27-18(23)21-16(11-14-9-7-6-8-10-14)17(22)24-12-15-13-25-20(4,5)26-15/h6-10,15-16H,11-13H2,1-5H3,(H,21,23)/t15-,16+/m1/s1. The maximum Gasteiger partial charge on any atom is 0.408 e. The number of benzene rings is 1. The molecule has 1 aromatic carbocycles. The van der Waals surface area contributed by atoms with Gasteiger partial charge in [-0.15, -0.1) is 0 Å². The third kappa shape index (κ3) is 7.56. The number of carbonyl (C=O) groups excluding carboxylic acids is 2. The summed E-state index contributed by atoms with van der Waals surface area (Å²) in [5.41, 5.74) is 0.239. The van der Waals surface area contributed by atoms with Gasteiger partial charge in [-0.25, -0.2) is 9.59 Å². The molecule has 0 aliphatic carbocycles. The van der Waals surface area contributed by atoms with E-state index in [9.17, 15) is 9.59 Å². The number of carbonyl (C=O) groups is 2. The van der Waals surface area contributed by atoms with Gasteiger partial charge in [0.25, 0.3) is 0 Å². The highest BCUT2D eigenvalue weighted by atomic mass is 16.7. The van der Waals surface area contributed by atoms with E-state index < -0.39 is 29.5 Å². The van der Waals surface area contributed by atoms with Crippen molar-refractivity contribution in [1.82, 2.24) is 5.32 Å². The molecular formula is C20H29NO6. The van der Waals surface area contributed by atoms with Gasteiger partial charge in [0.1, 0.15) is 24.4 Å². The number of nitrogens with one attached hydrogen (secondary N) is 1.